The molecule has 4 aromatic carbocycles. The van der Waals surface area contributed by atoms with Crippen LogP contribution >= 0.6 is 0 Å². The van der Waals surface area contributed by atoms with Crippen LogP contribution in [0, 0.1) is 5.92 Å². The third-order valence-corrected chi connectivity index (χ3v) is 8.56. The predicted octanol–water partition coefficient (Wildman–Crippen LogP) is 6.08. The van der Waals surface area contributed by atoms with Crippen LogP contribution in [0.15, 0.2) is 91.0 Å². The summed E-state index contributed by atoms with van der Waals surface area (Å²) in [5.41, 5.74) is 4.83. The lowest BCUT2D eigenvalue weighted by atomic mass is 9.99. The minimum atomic E-state index is -0.478. The van der Waals surface area contributed by atoms with Crippen molar-refractivity contribution in [3.63, 3.8) is 0 Å². The lowest BCUT2D eigenvalue weighted by Gasteiger charge is -2.38. The van der Waals surface area contributed by atoms with Gasteiger partial charge in [0.2, 0.25) is 6.79 Å². The highest BCUT2D eigenvalue weighted by Crippen LogP contribution is 2.35. The molecule has 4 aromatic rings. The van der Waals surface area contributed by atoms with Crippen molar-refractivity contribution < 1.29 is 28.9 Å². The first-order valence-electron chi connectivity index (χ1n) is 15.8. The molecular formula is C37H40N4O6. The monoisotopic (exact) mass is 636 g/mol. The maximum absolute atomic E-state index is 13.8. The zero-order chi connectivity index (χ0) is 32.9. The van der Waals surface area contributed by atoms with Gasteiger partial charge in [0.25, 0.3) is 5.91 Å². The van der Waals surface area contributed by atoms with Gasteiger partial charge in [-0.25, -0.2) is 4.79 Å². The number of urea groups is 1. The van der Waals surface area contributed by atoms with Gasteiger partial charge in [-0.3, -0.25) is 9.69 Å². The average Bonchev–Trinajstić information content (AvgIpc) is 3.55. The Morgan fingerprint density at radius 1 is 0.915 bits per heavy atom. The summed E-state index contributed by atoms with van der Waals surface area (Å²) in [6, 6.07) is 28.2. The van der Waals surface area contributed by atoms with Crippen molar-refractivity contribution in [3.8, 4) is 28.4 Å². The van der Waals surface area contributed by atoms with E-state index in [0.29, 0.717) is 47.3 Å². The second-order valence-corrected chi connectivity index (χ2v) is 12.2. The number of nitrogens with zero attached hydrogens (tertiary/aromatic N) is 2. The van der Waals surface area contributed by atoms with Crippen molar-refractivity contribution in [3.05, 3.63) is 102 Å². The number of rotatable bonds is 9. The van der Waals surface area contributed by atoms with E-state index in [1.807, 2.05) is 25.1 Å². The van der Waals surface area contributed by atoms with E-state index in [0.717, 1.165) is 6.54 Å². The van der Waals surface area contributed by atoms with Gasteiger partial charge in [-0.05, 0) is 61.0 Å². The molecule has 6 rings (SSSR count). The first kappa shape index (κ1) is 31.9. The predicted molar refractivity (Wildman–Crippen MR) is 181 cm³/mol. The maximum atomic E-state index is 13.8. The molecule has 10 nitrogen and oxygen atoms in total. The lowest BCUT2D eigenvalue weighted by Crippen LogP contribution is -2.49. The number of nitrogens with one attached hydrogen (secondary N) is 2. The number of carbonyl (C=O) groups excluding carboxylic acids is 2. The Hall–Kier alpha value is -5.06. The molecule has 244 valence electrons. The molecule has 0 radical (unpaired) electrons. The molecule has 0 unspecified atom stereocenters. The van der Waals surface area contributed by atoms with Gasteiger partial charge in [-0.2, -0.15) is 0 Å². The lowest BCUT2D eigenvalue weighted by molar-refractivity contribution is 0.0341. The standard InChI is InChI=1S/C37H40N4O6/c1-24-19-41(25(2)22-42)36(43)31-17-29(38-37(44)39-30-14-16-33-34(18-30)46-23-45-33)13-15-32(31)47-35(24)21-40(3)20-26-9-11-28(12-10-26)27-7-5-4-6-8-27/h4-18,24-25,35,42H,19-23H2,1-3H3,(H2,38,39,44)/t24-,25-,35+/m1/s1. The number of carbonyl (C=O) groups is 2. The fourth-order valence-electron chi connectivity index (χ4n) is 5.90. The van der Waals surface area contributed by atoms with Gasteiger partial charge in [0, 0.05) is 43.0 Å². The van der Waals surface area contributed by atoms with E-state index in [-0.39, 0.29) is 31.3 Å². The van der Waals surface area contributed by atoms with Crippen LogP contribution in [0.5, 0.6) is 17.2 Å². The van der Waals surface area contributed by atoms with Crippen LogP contribution in [-0.2, 0) is 6.54 Å². The summed E-state index contributed by atoms with van der Waals surface area (Å²) in [4.78, 5) is 30.6. The van der Waals surface area contributed by atoms with Gasteiger partial charge in [0.15, 0.2) is 11.5 Å². The van der Waals surface area contributed by atoms with Gasteiger partial charge in [-0.15, -0.1) is 0 Å². The SMILES string of the molecule is C[C@@H]1CN([C@H](C)CO)C(=O)c2cc(NC(=O)Nc3ccc4c(c3)OCO4)ccc2O[C@H]1CN(C)Cc1ccc(-c2ccccc2)cc1. The second-order valence-electron chi connectivity index (χ2n) is 12.2. The molecule has 0 aromatic heterocycles. The van der Waals surface area contributed by atoms with Crippen molar-refractivity contribution in [1.29, 1.82) is 0 Å². The van der Waals surface area contributed by atoms with Crippen LogP contribution in [0.1, 0.15) is 29.8 Å². The van der Waals surface area contributed by atoms with Crippen molar-refractivity contribution in [2.75, 3.05) is 44.2 Å². The van der Waals surface area contributed by atoms with Crippen LogP contribution in [0.2, 0.25) is 0 Å². The van der Waals surface area contributed by atoms with Crippen LogP contribution in [0.4, 0.5) is 16.2 Å². The zero-order valence-electron chi connectivity index (χ0n) is 26.8. The summed E-state index contributed by atoms with van der Waals surface area (Å²) in [6.45, 7) is 5.62. The normalized spacial score (nSPS) is 17.7. The Bertz CT molecular complexity index is 1710. The van der Waals surface area contributed by atoms with Gasteiger partial charge in [0.05, 0.1) is 18.2 Å². The zero-order valence-corrected chi connectivity index (χ0v) is 26.8. The van der Waals surface area contributed by atoms with E-state index >= 15 is 0 Å². The number of hydrogen-bond acceptors (Lipinski definition) is 7. The van der Waals surface area contributed by atoms with Crippen molar-refractivity contribution in [2.45, 2.75) is 32.5 Å². The number of benzene rings is 4. The minimum Gasteiger partial charge on any atom is -0.488 e. The van der Waals surface area contributed by atoms with Crippen LogP contribution in [-0.4, -0.2) is 72.5 Å². The Kier molecular flexibility index (Phi) is 9.60. The number of hydrogen-bond donors (Lipinski definition) is 3. The van der Waals surface area contributed by atoms with Crippen molar-refractivity contribution in [1.82, 2.24) is 9.80 Å². The molecule has 2 aliphatic rings. The van der Waals surface area contributed by atoms with Gasteiger partial charge < -0.3 is 34.9 Å². The van der Waals surface area contributed by atoms with E-state index in [2.05, 4.69) is 65.9 Å². The van der Waals surface area contributed by atoms with E-state index < -0.39 is 12.1 Å². The highest BCUT2D eigenvalue weighted by Gasteiger charge is 2.33. The highest BCUT2D eigenvalue weighted by molar-refractivity contribution is 6.02. The smallest absolute Gasteiger partial charge is 0.323 e. The molecule has 2 heterocycles. The molecule has 0 saturated carbocycles. The Balaban J connectivity index is 1.17. The molecule has 0 aliphatic carbocycles. The summed E-state index contributed by atoms with van der Waals surface area (Å²) < 4.78 is 17.3. The molecule has 3 atom stereocenters. The summed E-state index contributed by atoms with van der Waals surface area (Å²) in [5.74, 6) is 1.33. The van der Waals surface area contributed by atoms with Gasteiger partial charge >= 0.3 is 6.03 Å². The molecule has 2 aliphatic heterocycles. The van der Waals surface area contributed by atoms with Crippen molar-refractivity contribution in [2.24, 2.45) is 5.92 Å². The van der Waals surface area contributed by atoms with E-state index in [9.17, 15) is 14.7 Å². The highest BCUT2D eigenvalue weighted by atomic mass is 16.7. The number of amides is 3. The first-order chi connectivity index (χ1) is 22.8. The van der Waals surface area contributed by atoms with Crippen molar-refractivity contribution >= 4 is 23.3 Å². The number of anilines is 2. The third kappa shape index (κ3) is 7.51. The molecule has 3 N–H and O–H groups in total. The summed E-state index contributed by atoms with van der Waals surface area (Å²) in [6.07, 6.45) is -0.239. The molecule has 0 bridgehead atoms. The Labute approximate surface area is 274 Å². The van der Waals surface area contributed by atoms with Gasteiger partial charge in [-0.1, -0.05) is 61.5 Å². The van der Waals surface area contributed by atoms with Crippen LogP contribution in [0.25, 0.3) is 11.1 Å². The number of aliphatic hydroxyl groups excluding tert-OH is 1. The minimum absolute atomic E-state index is 0.0192. The quantitative estimate of drug-likeness (QED) is 0.204. The number of ether oxygens (including phenoxy) is 3. The first-order valence-corrected chi connectivity index (χ1v) is 15.8. The fraction of sp³-hybridized carbons (Fsp3) is 0.297. The number of likely N-dealkylation sites (N-methyl/N-ethyl adjacent to an activating group) is 1. The molecule has 10 heteroatoms. The molecule has 0 fully saturated rings. The van der Waals surface area contributed by atoms with Gasteiger partial charge in [0.1, 0.15) is 11.9 Å². The summed E-state index contributed by atoms with van der Waals surface area (Å²) in [5, 5.41) is 15.6. The van der Waals surface area contributed by atoms with E-state index in [1.165, 1.54) is 16.7 Å². The number of aliphatic hydroxyl groups is 1. The third-order valence-electron chi connectivity index (χ3n) is 8.56. The molecule has 47 heavy (non-hydrogen) atoms. The van der Waals surface area contributed by atoms with Crippen LogP contribution < -0.4 is 24.8 Å². The molecule has 0 spiro atoms. The summed E-state index contributed by atoms with van der Waals surface area (Å²) >= 11 is 0. The van der Waals surface area contributed by atoms with E-state index in [4.69, 9.17) is 14.2 Å². The van der Waals surface area contributed by atoms with E-state index in [1.54, 1.807) is 41.3 Å². The largest absolute Gasteiger partial charge is 0.488 e. The molecule has 0 saturated heterocycles. The molecular weight excluding hydrogens is 596 g/mol. The molecule has 3 amide bonds. The topological polar surface area (TPSA) is 113 Å². The second kappa shape index (κ2) is 14.1. The number of fused-ring (bicyclic) bond motifs is 2. The maximum Gasteiger partial charge on any atom is 0.323 e. The Morgan fingerprint density at radius 3 is 2.30 bits per heavy atom. The average molecular weight is 637 g/mol. The summed E-state index contributed by atoms with van der Waals surface area (Å²) in [7, 11) is 2.06. The Morgan fingerprint density at radius 2 is 1.57 bits per heavy atom. The van der Waals surface area contributed by atoms with Crippen LogP contribution in [0.3, 0.4) is 0 Å². The fourth-order valence-corrected chi connectivity index (χ4v) is 5.90.